The lowest BCUT2D eigenvalue weighted by molar-refractivity contribution is 0.0694. The van der Waals surface area contributed by atoms with E-state index in [4.69, 9.17) is 4.74 Å². The molecule has 1 rings (SSSR count). The Balaban J connectivity index is 2.76. The highest BCUT2D eigenvalue weighted by atomic mass is 79.9. The largest absolute Gasteiger partial charge is 0.389 e. The molecule has 0 spiro atoms. The number of hydrogen-bond donors (Lipinski definition) is 2. The van der Waals surface area contributed by atoms with E-state index in [2.05, 4.69) is 31.2 Å². The monoisotopic (exact) mass is 318 g/mol. The number of likely N-dealkylation sites (N-methyl/N-ethyl adjacent to an activating group) is 1. The molecule has 0 fully saturated rings. The first-order valence-electron chi connectivity index (χ1n) is 5.73. The van der Waals surface area contributed by atoms with Gasteiger partial charge in [0, 0.05) is 33.4 Å². The number of methoxy groups -OCH3 is 1. The van der Waals surface area contributed by atoms with Gasteiger partial charge < -0.3 is 20.1 Å². The van der Waals surface area contributed by atoms with Gasteiger partial charge in [0.05, 0.1) is 17.2 Å². The van der Waals surface area contributed by atoms with Crippen molar-refractivity contribution in [3.05, 3.63) is 10.7 Å². The summed E-state index contributed by atoms with van der Waals surface area (Å²) in [6, 6.07) is 0. The average molecular weight is 319 g/mol. The van der Waals surface area contributed by atoms with Crippen molar-refractivity contribution in [2.45, 2.75) is 13.0 Å². The lowest BCUT2D eigenvalue weighted by atomic mass is 10.3. The maximum atomic E-state index is 9.70. The zero-order valence-corrected chi connectivity index (χ0v) is 12.4. The van der Waals surface area contributed by atoms with Crippen molar-refractivity contribution < 1.29 is 9.84 Å². The van der Waals surface area contributed by atoms with Crippen LogP contribution in [0.1, 0.15) is 6.92 Å². The Morgan fingerprint density at radius 3 is 2.94 bits per heavy atom. The summed E-state index contributed by atoms with van der Waals surface area (Å²) in [5, 5.41) is 12.8. The van der Waals surface area contributed by atoms with Gasteiger partial charge in [-0.05, 0) is 22.9 Å². The van der Waals surface area contributed by atoms with E-state index in [1.165, 1.54) is 0 Å². The molecule has 1 heterocycles. The van der Waals surface area contributed by atoms with Gasteiger partial charge in [0.2, 0.25) is 5.95 Å². The molecule has 0 saturated heterocycles. The van der Waals surface area contributed by atoms with Crippen molar-refractivity contribution in [3.8, 4) is 0 Å². The number of nitrogens with one attached hydrogen (secondary N) is 1. The van der Waals surface area contributed by atoms with Crippen molar-refractivity contribution in [2.75, 3.05) is 44.1 Å². The molecule has 0 aromatic carbocycles. The van der Waals surface area contributed by atoms with Crippen LogP contribution in [0.2, 0.25) is 0 Å². The van der Waals surface area contributed by atoms with Gasteiger partial charge in [-0.25, -0.2) is 4.98 Å². The third-order valence-electron chi connectivity index (χ3n) is 2.27. The molecule has 0 aliphatic heterocycles. The number of hydrogen-bond acceptors (Lipinski definition) is 6. The minimum absolute atomic E-state index is 0.299. The molecule has 0 radical (unpaired) electrons. The molecule has 0 saturated carbocycles. The predicted molar refractivity (Wildman–Crippen MR) is 75.0 cm³/mol. The quantitative estimate of drug-likeness (QED) is 0.785. The molecule has 1 aromatic heterocycles. The van der Waals surface area contributed by atoms with Crippen LogP contribution >= 0.6 is 15.9 Å². The van der Waals surface area contributed by atoms with E-state index in [0.717, 1.165) is 16.8 Å². The lowest BCUT2D eigenvalue weighted by Crippen LogP contribution is -2.32. The fraction of sp³-hybridized carbons (Fsp3) is 0.636. The van der Waals surface area contributed by atoms with Crippen LogP contribution in [-0.4, -0.2) is 55.0 Å². The molecular formula is C11H19BrN4O2. The van der Waals surface area contributed by atoms with Crippen LogP contribution in [0.25, 0.3) is 0 Å². The Bertz CT molecular complexity index is 378. The van der Waals surface area contributed by atoms with Crippen LogP contribution in [0.4, 0.5) is 11.8 Å². The molecule has 1 unspecified atom stereocenters. The van der Waals surface area contributed by atoms with Gasteiger partial charge in [-0.1, -0.05) is 0 Å². The molecule has 102 valence electrons. The van der Waals surface area contributed by atoms with E-state index in [1.807, 2.05) is 18.9 Å². The molecule has 0 aliphatic rings. The van der Waals surface area contributed by atoms with E-state index in [1.54, 1.807) is 13.3 Å². The summed E-state index contributed by atoms with van der Waals surface area (Å²) in [4.78, 5) is 10.4. The molecular weight excluding hydrogens is 300 g/mol. The standard InChI is InChI=1S/C11H19BrN4O2/c1-4-13-11-14-5-9(12)10(15-11)16(2)6-8(17)7-18-3/h5,8,17H,4,6-7H2,1-3H3,(H,13,14,15). The maximum Gasteiger partial charge on any atom is 0.224 e. The Morgan fingerprint density at radius 2 is 2.33 bits per heavy atom. The minimum Gasteiger partial charge on any atom is -0.389 e. The van der Waals surface area contributed by atoms with Crippen LogP contribution in [0, 0.1) is 0 Å². The normalized spacial score (nSPS) is 12.3. The van der Waals surface area contributed by atoms with Crippen molar-refractivity contribution in [3.63, 3.8) is 0 Å². The lowest BCUT2D eigenvalue weighted by Gasteiger charge is -2.22. The van der Waals surface area contributed by atoms with E-state index < -0.39 is 6.10 Å². The third-order valence-corrected chi connectivity index (χ3v) is 2.83. The number of aliphatic hydroxyl groups excluding tert-OH is 1. The summed E-state index contributed by atoms with van der Waals surface area (Å²) in [6.45, 7) is 3.48. The van der Waals surface area contributed by atoms with Crippen LogP contribution < -0.4 is 10.2 Å². The highest BCUT2D eigenvalue weighted by Gasteiger charge is 2.13. The van der Waals surface area contributed by atoms with Gasteiger partial charge in [-0.2, -0.15) is 4.98 Å². The summed E-state index contributed by atoms with van der Waals surface area (Å²) < 4.78 is 5.69. The second kappa shape index (κ2) is 7.50. The van der Waals surface area contributed by atoms with Gasteiger partial charge in [0.1, 0.15) is 5.82 Å². The van der Waals surface area contributed by atoms with E-state index >= 15 is 0 Å². The molecule has 0 amide bonds. The zero-order valence-electron chi connectivity index (χ0n) is 10.9. The van der Waals surface area contributed by atoms with Gasteiger partial charge in [0.15, 0.2) is 0 Å². The van der Waals surface area contributed by atoms with Crippen LogP contribution in [0.5, 0.6) is 0 Å². The topological polar surface area (TPSA) is 70.5 Å². The first-order valence-corrected chi connectivity index (χ1v) is 6.52. The molecule has 2 N–H and O–H groups in total. The number of nitrogens with zero attached hydrogens (tertiary/aromatic N) is 3. The van der Waals surface area contributed by atoms with Crippen molar-refractivity contribution in [1.82, 2.24) is 9.97 Å². The van der Waals surface area contributed by atoms with Gasteiger partial charge in [-0.3, -0.25) is 0 Å². The summed E-state index contributed by atoms with van der Waals surface area (Å²) in [5.41, 5.74) is 0. The molecule has 0 aliphatic carbocycles. The number of halogens is 1. The summed E-state index contributed by atoms with van der Waals surface area (Å²) in [5.74, 6) is 1.31. The fourth-order valence-corrected chi connectivity index (χ4v) is 2.01. The van der Waals surface area contributed by atoms with Crippen molar-refractivity contribution in [1.29, 1.82) is 0 Å². The Morgan fingerprint density at radius 1 is 1.61 bits per heavy atom. The zero-order chi connectivity index (χ0) is 13.5. The molecule has 1 aromatic rings. The Kier molecular flexibility index (Phi) is 6.31. The highest BCUT2D eigenvalue weighted by Crippen LogP contribution is 2.23. The minimum atomic E-state index is -0.551. The van der Waals surface area contributed by atoms with E-state index in [-0.39, 0.29) is 0 Å². The first kappa shape index (κ1) is 15.1. The number of aliphatic hydroxyl groups is 1. The second-order valence-electron chi connectivity index (χ2n) is 3.89. The molecule has 18 heavy (non-hydrogen) atoms. The molecule has 7 heteroatoms. The number of anilines is 2. The SMILES string of the molecule is CCNc1ncc(Br)c(N(C)CC(O)COC)n1. The van der Waals surface area contributed by atoms with Crippen molar-refractivity contribution in [2.24, 2.45) is 0 Å². The summed E-state index contributed by atoms with van der Waals surface area (Å²) >= 11 is 3.40. The molecule has 0 bridgehead atoms. The third kappa shape index (κ3) is 4.40. The molecule has 1 atom stereocenters. The van der Waals surface area contributed by atoms with E-state index in [9.17, 15) is 5.11 Å². The number of ether oxygens (including phenoxy) is 1. The average Bonchev–Trinajstić information content (AvgIpc) is 2.32. The molecule has 6 nitrogen and oxygen atoms in total. The fourth-order valence-electron chi connectivity index (χ4n) is 1.52. The number of rotatable bonds is 7. The second-order valence-corrected chi connectivity index (χ2v) is 4.74. The van der Waals surface area contributed by atoms with Crippen molar-refractivity contribution >= 4 is 27.7 Å². The summed E-state index contributed by atoms with van der Waals surface area (Å²) in [7, 11) is 3.43. The maximum absolute atomic E-state index is 9.70. The van der Waals surface area contributed by atoms with Gasteiger partial charge in [-0.15, -0.1) is 0 Å². The van der Waals surface area contributed by atoms with Gasteiger partial charge >= 0.3 is 0 Å². The van der Waals surface area contributed by atoms with Crippen LogP contribution in [0.3, 0.4) is 0 Å². The Hall–Kier alpha value is -0.920. The highest BCUT2D eigenvalue weighted by molar-refractivity contribution is 9.10. The van der Waals surface area contributed by atoms with Crippen LogP contribution in [-0.2, 0) is 4.74 Å². The van der Waals surface area contributed by atoms with Gasteiger partial charge in [0.25, 0.3) is 0 Å². The first-order chi connectivity index (χ1) is 8.58. The Labute approximate surface area is 116 Å². The van der Waals surface area contributed by atoms with Crippen LogP contribution in [0.15, 0.2) is 10.7 Å². The number of aromatic nitrogens is 2. The summed E-state index contributed by atoms with van der Waals surface area (Å²) in [6.07, 6.45) is 1.14. The predicted octanol–water partition coefficient (Wildman–Crippen LogP) is 1.11. The van der Waals surface area contributed by atoms with E-state index in [0.29, 0.717) is 19.1 Å². The smallest absolute Gasteiger partial charge is 0.224 e.